The molecule has 2 aliphatic heterocycles. The Morgan fingerprint density at radius 1 is 0.829 bits per heavy atom. The number of carbonyl (C=O) groups excluding carboxylic acids is 1. The number of hydrogen-bond acceptors (Lipinski definition) is 4. The zero-order valence-corrected chi connectivity index (χ0v) is 21.5. The highest BCUT2D eigenvalue weighted by molar-refractivity contribution is 6.27. The molecule has 2 heterocycles. The van der Waals surface area contributed by atoms with Gasteiger partial charge in [0.15, 0.2) is 0 Å². The van der Waals surface area contributed by atoms with Crippen molar-refractivity contribution in [3.63, 3.8) is 0 Å². The first kappa shape index (κ1) is 22.5. The van der Waals surface area contributed by atoms with Crippen molar-refractivity contribution in [2.24, 2.45) is 28.2 Å². The summed E-state index contributed by atoms with van der Waals surface area (Å²) in [6.07, 6.45) is 13.7. The van der Waals surface area contributed by atoms with Crippen molar-refractivity contribution in [2.75, 3.05) is 38.1 Å². The van der Waals surface area contributed by atoms with Crippen molar-refractivity contribution in [1.82, 2.24) is 9.80 Å². The van der Waals surface area contributed by atoms with E-state index >= 15 is 0 Å². The van der Waals surface area contributed by atoms with Gasteiger partial charge in [-0.15, -0.1) is 0 Å². The SMILES string of the molecule is CN1CCN([C@@H]2C(=NC34CC5CC(CC(C5)C3)C4)N(c3ccccc3)C(=O)C23CCCCC3)CC1. The average molecular weight is 475 g/mol. The molecule has 5 heteroatoms. The fourth-order valence-electron chi connectivity index (χ4n) is 9.46. The highest BCUT2D eigenvalue weighted by Gasteiger charge is 2.61. The fourth-order valence-corrected chi connectivity index (χ4v) is 9.46. The molecule has 1 aromatic rings. The highest BCUT2D eigenvalue weighted by Crippen LogP contribution is 2.58. The number of nitrogens with zero attached hydrogens (tertiary/aromatic N) is 4. The zero-order valence-electron chi connectivity index (χ0n) is 21.5. The molecule has 1 spiro atoms. The molecule has 0 N–H and O–H groups in total. The molecule has 5 aliphatic carbocycles. The lowest BCUT2D eigenvalue weighted by atomic mass is 9.53. The molecule has 7 fully saturated rings. The lowest BCUT2D eigenvalue weighted by Gasteiger charge is -2.55. The molecule has 5 saturated carbocycles. The number of amidine groups is 1. The van der Waals surface area contributed by atoms with E-state index in [0.717, 1.165) is 68.3 Å². The first-order valence-electron chi connectivity index (χ1n) is 14.5. The zero-order chi connectivity index (χ0) is 23.6. The van der Waals surface area contributed by atoms with Gasteiger partial charge in [-0.05, 0) is 88.3 Å². The van der Waals surface area contributed by atoms with Crippen LogP contribution < -0.4 is 4.90 Å². The van der Waals surface area contributed by atoms with Crippen molar-refractivity contribution in [3.05, 3.63) is 30.3 Å². The minimum atomic E-state index is -0.300. The number of para-hydroxylation sites is 1. The second kappa shape index (κ2) is 8.41. The van der Waals surface area contributed by atoms with Crippen molar-refractivity contribution in [2.45, 2.75) is 82.2 Å². The molecule has 35 heavy (non-hydrogen) atoms. The number of carbonyl (C=O) groups is 1. The number of piperazine rings is 1. The van der Waals surface area contributed by atoms with Crippen molar-refractivity contribution < 1.29 is 4.79 Å². The van der Waals surface area contributed by atoms with Crippen LogP contribution in [0, 0.1) is 23.2 Å². The highest BCUT2D eigenvalue weighted by atomic mass is 16.2. The standard InChI is InChI=1S/C30H42N4O/c1-32-12-14-33(15-13-32)26-27(31-29-19-22-16-23(20-29)18-24(17-22)21-29)34(25-8-4-2-5-9-25)28(35)30(26)10-6-3-7-11-30/h2,4-5,8-9,22-24,26H,3,6-7,10-21H2,1H3/t22?,23?,24?,26-,29?/m1/s1. The Balaban J connectivity index is 1.37. The summed E-state index contributed by atoms with van der Waals surface area (Å²) in [5.74, 6) is 4.04. The number of amides is 1. The summed E-state index contributed by atoms with van der Waals surface area (Å²) in [5, 5.41) is 0. The summed E-state index contributed by atoms with van der Waals surface area (Å²) in [6.45, 7) is 4.24. The van der Waals surface area contributed by atoms with Crippen LogP contribution in [0.15, 0.2) is 35.3 Å². The Hall–Kier alpha value is -1.72. The summed E-state index contributed by atoms with van der Waals surface area (Å²) >= 11 is 0. The van der Waals surface area contributed by atoms with Gasteiger partial charge in [0.2, 0.25) is 5.91 Å². The third-order valence-corrected chi connectivity index (χ3v) is 10.6. The van der Waals surface area contributed by atoms with Gasteiger partial charge in [-0.1, -0.05) is 37.5 Å². The second-order valence-corrected chi connectivity index (χ2v) is 13.0. The largest absolute Gasteiger partial charge is 0.304 e. The smallest absolute Gasteiger partial charge is 0.240 e. The van der Waals surface area contributed by atoms with E-state index in [1.165, 1.54) is 57.8 Å². The molecule has 0 radical (unpaired) electrons. The van der Waals surface area contributed by atoms with E-state index in [-0.39, 0.29) is 17.0 Å². The van der Waals surface area contributed by atoms with Crippen LogP contribution in [0.2, 0.25) is 0 Å². The molecule has 7 aliphatic rings. The van der Waals surface area contributed by atoms with Crippen molar-refractivity contribution >= 4 is 17.4 Å². The number of rotatable bonds is 3. The Bertz CT molecular complexity index is 954. The molecule has 0 unspecified atom stereocenters. The summed E-state index contributed by atoms with van der Waals surface area (Å²) in [5.41, 5.74) is 0.802. The molecular weight excluding hydrogens is 432 g/mol. The molecule has 1 amide bonds. The third-order valence-electron chi connectivity index (χ3n) is 10.6. The second-order valence-electron chi connectivity index (χ2n) is 13.0. The average Bonchev–Trinajstić information content (AvgIpc) is 3.06. The number of benzene rings is 1. The van der Waals surface area contributed by atoms with Crippen LogP contribution in [0.25, 0.3) is 0 Å². The normalized spacial score (nSPS) is 40.3. The number of anilines is 1. The van der Waals surface area contributed by atoms with E-state index in [4.69, 9.17) is 4.99 Å². The lowest BCUT2D eigenvalue weighted by Crippen LogP contribution is -2.58. The van der Waals surface area contributed by atoms with E-state index in [0.29, 0.717) is 5.91 Å². The maximum atomic E-state index is 14.6. The van der Waals surface area contributed by atoms with Gasteiger partial charge >= 0.3 is 0 Å². The number of aliphatic imine (C=N–C) groups is 1. The Kier molecular flexibility index (Phi) is 5.40. The number of likely N-dealkylation sites (N-methyl/N-ethyl adjacent to an activating group) is 1. The van der Waals surface area contributed by atoms with Crippen LogP contribution in [0.4, 0.5) is 5.69 Å². The maximum Gasteiger partial charge on any atom is 0.240 e. The topological polar surface area (TPSA) is 39.1 Å². The third kappa shape index (κ3) is 3.63. The summed E-state index contributed by atoms with van der Waals surface area (Å²) in [6, 6.07) is 10.6. The van der Waals surface area contributed by atoms with Crippen LogP contribution in [0.5, 0.6) is 0 Å². The monoisotopic (exact) mass is 474 g/mol. The molecule has 1 atom stereocenters. The van der Waals surface area contributed by atoms with Gasteiger partial charge in [0, 0.05) is 26.2 Å². The first-order valence-corrected chi connectivity index (χ1v) is 14.5. The molecule has 188 valence electrons. The van der Waals surface area contributed by atoms with Gasteiger partial charge < -0.3 is 4.90 Å². The molecule has 5 nitrogen and oxygen atoms in total. The first-order chi connectivity index (χ1) is 17.1. The number of hydrogen-bond donors (Lipinski definition) is 0. The minimum absolute atomic E-state index is 0.0718. The van der Waals surface area contributed by atoms with Crippen LogP contribution in [0.3, 0.4) is 0 Å². The van der Waals surface area contributed by atoms with Gasteiger partial charge in [-0.2, -0.15) is 0 Å². The lowest BCUT2D eigenvalue weighted by molar-refractivity contribution is -0.130. The Morgan fingerprint density at radius 2 is 1.43 bits per heavy atom. The minimum Gasteiger partial charge on any atom is -0.304 e. The van der Waals surface area contributed by atoms with Gasteiger partial charge in [-0.25, -0.2) is 0 Å². The van der Waals surface area contributed by atoms with E-state index in [9.17, 15) is 4.79 Å². The molecule has 0 aromatic heterocycles. The van der Waals surface area contributed by atoms with Gasteiger partial charge in [0.1, 0.15) is 5.84 Å². The summed E-state index contributed by atoms with van der Waals surface area (Å²) < 4.78 is 0. The Morgan fingerprint density at radius 3 is 2.03 bits per heavy atom. The van der Waals surface area contributed by atoms with Gasteiger partial charge in [0.05, 0.1) is 22.7 Å². The molecule has 8 rings (SSSR count). The quantitative estimate of drug-likeness (QED) is 0.621. The fraction of sp³-hybridized carbons (Fsp3) is 0.733. The van der Waals surface area contributed by atoms with E-state index in [2.05, 4.69) is 52.1 Å². The predicted molar refractivity (Wildman–Crippen MR) is 141 cm³/mol. The van der Waals surface area contributed by atoms with Crippen LogP contribution in [0.1, 0.15) is 70.6 Å². The predicted octanol–water partition coefficient (Wildman–Crippen LogP) is 4.97. The van der Waals surface area contributed by atoms with E-state index in [1.807, 2.05) is 0 Å². The molecule has 1 aromatic carbocycles. The molecule has 4 bridgehead atoms. The summed E-state index contributed by atoms with van der Waals surface area (Å²) in [4.78, 5) is 27.7. The van der Waals surface area contributed by atoms with Crippen molar-refractivity contribution in [1.29, 1.82) is 0 Å². The summed E-state index contributed by atoms with van der Waals surface area (Å²) in [7, 11) is 2.23. The van der Waals surface area contributed by atoms with Crippen LogP contribution in [-0.4, -0.2) is 66.4 Å². The van der Waals surface area contributed by atoms with Crippen molar-refractivity contribution in [3.8, 4) is 0 Å². The van der Waals surface area contributed by atoms with Gasteiger partial charge in [-0.3, -0.25) is 19.6 Å². The van der Waals surface area contributed by atoms with Gasteiger partial charge in [0.25, 0.3) is 0 Å². The van der Waals surface area contributed by atoms with E-state index in [1.54, 1.807) is 0 Å². The molecular formula is C30H42N4O. The van der Waals surface area contributed by atoms with Crippen LogP contribution >= 0.6 is 0 Å². The molecule has 2 saturated heterocycles. The van der Waals surface area contributed by atoms with E-state index < -0.39 is 0 Å². The Labute approximate surface area is 210 Å². The van der Waals surface area contributed by atoms with Crippen LogP contribution in [-0.2, 0) is 4.79 Å². The maximum absolute atomic E-state index is 14.6.